The van der Waals surface area contributed by atoms with Crippen molar-refractivity contribution in [1.29, 1.82) is 0 Å². The normalized spacial score (nSPS) is 13.4. The summed E-state index contributed by atoms with van der Waals surface area (Å²) in [5.41, 5.74) is 0. The third kappa shape index (κ3) is 2.33. The summed E-state index contributed by atoms with van der Waals surface area (Å²) < 4.78 is 0. The van der Waals surface area contributed by atoms with Crippen molar-refractivity contribution in [1.82, 2.24) is 0 Å². The first kappa shape index (κ1) is 6.62. The SMILES string of the molecule is C=CC(CO)O[O]. The highest BCUT2D eigenvalue weighted by Crippen LogP contribution is 1.85. The zero-order chi connectivity index (χ0) is 5.70. The first-order chi connectivity index (χ1) is 3.35. The Hall–Kier alpha value is -0.380. The molecular formula is C4H7O3. The highest BCUT2D eigenvalue weighted by atomic mass is 17.1. The molecule has 0 aliphatic rings. The summed E-state index contributed by atoms with van der Waals surface area (Å²) in [7, 11) is 0. The fraction of sp³-hybridized carbons (Fsp3) is 0.500. The number of rotatable bonds is 3. The zero-order valence-electron chi connectivity index (χ0n) is 3.83. The summed E-state index contributed by atoms with van der Waals surface area (Å²) >= 11 is 0. The van der Waals surface area contributed by atoms with E-state index in [1.807, 2.05) is 0 Å². The van der Waals surface area contributed by atoms with Crippen molar-refractivity contribution in [3.63, 3.8) is 0 Å². The number of hydrogen-bond donors (Lipinski definition) is 1. The lowest BCUT2D eigenvalue weighted by Crippen LogP contribution is -2.10. The van der Waals surface area contributed by atoms with E-state index < -0.39 is 6.10 Å². The summed E-state index contributed by atoms with van der Waals surface area (Å²) in [6.45, 7) is 2.92. The van der Waals surface area contributed by atoms with Gasteiger partial charge in [0.15, 0.2) is 0 Å². The van der Waals surface area contributed by atoms with Gasteiger partial charge in [0, 0.05) is 0 Å². The van der Waals surface area contributed by atoms with Gasteiger partial charge in [0.25, 0.3) is 0 Å². The van der Waals surface area contributed by atoms with Gasteiger partial charge in [-0.1, -0.05) is 6.08 Å². The van der Waals surface area contributed by atoms with Crippen LogP contribution in [0.2, 0.25) is 0 Å². The van der Waals surface area contributed by atoms with Crippen LogP contribution in [0.3, 0.4) is 0 Å². The van der Waals surface area contributed by atoms with E-state index in [0.29, 0.717) is 0 Å². The van der Waals surface area contributed by atoms with Crippen LogP contribution in [0.5, 0.6) is 0 Å². The van der Waals surface area contributed by atoms with Crippen molar-refractivity contribution in [3.05, 3.63) is 12.7 Å². The van der Waals surface area contributed by atoms with Crippen LogP contribution in [-0.4, -0.2) is 17.8 Å². The lowest BCUT2D eigenvalue weighted by molar-refractivity contribution is -0.328. The van der Waals surface area contributed by atoms with Gasteiger partial charge in [0.2, 0.25) is 0 Å². The van der Waals surface area contributed by atoms with Crippen molar-refractivity contribution in [2.75, 3.05) is 6.61 Å². The Bertz CT molecular complexity index is 48.9. The smallest absolute Gasteiger partial charge is 0.137 e. The van der Waals surface area contributed by atoms with Gasteiger partial charge >= 0.3 is 0 Å². The Kier molecular flexibility index (Phi) is 3.59. The molecule has 1 N–H and O–H groups in total. The van der Waals surface area contributed by atoms with Gasteiger partial charge in [-0.2, -0.15) is 4.89 Å². The van der Waals surface area contributed by atoms with E-state index in [1.54, 1.807) is 0 Å². The predicted molar refractivity (Wildman–Crippen MR) is 22.8 cm³/mol. The molecule has 0 saturated heterocycles. The van der Waals surface area contributed by atoms with E-state index in [2.05, 4.69) is 11.5 Å². The highest BCUT2D eigenvalue weighted by molar-refractivity contribution is 4.77. The maximum atomic E-state index is 9.36. The summed E-state index contributed by atoms with van der Waals surface area (Å²) in [6, 6.07) is 0. The van der Waals surface area contributed by atoms with Gasteiger partial charge in [0.1, 0.15) is 6.10 Å². The van der Waals surface area contributed by atoms with Crippen molar-refractivity contribution in [3.8, 4) is 0 Å². The molecule has 1 atom stereocenters. The molecule has 0 saturated carbocycles. The molecular weight excluding hydrogens is 96.0 g/mol. The van der Waals surface area contributed by atoms with Crippen molar-refractivity contribution in [2.45, 2.75) is 6.10 Å². The maximum absolute atomic E-state index is 9.36. The van der Waals surface area contributed by atoms with Gasteiger partial charge < -0.3 is 5.11 Å². The second-order valence-corrected chi connectivity index (χ2v) is 1.05. The Morgan fingerprint density at radius 3 is 2.57 bits per heavy atom. The molecule has 1 unspecified atom stereocenters. The number of aliphatic hydroxyl groups excluding tert-OH is 1. The van der Waals surface area contributed by atoms with E-state index in [9.17, 15) is 5.26 Å². The minimum absolute atomic E-state index is 0.299. The average Bonchev–Trinajstić information content (AvgIpc) is 1.72. The number of aliphatic hydroxyl groups is 1. The maximum Gasteiger partial charge on any atom is 0.137 e. The quantitative estimate of drug-likeness (QED) is 0.308. The van der Waals surface area contributed by atoms with Crippen LogP contribution in [0.15, 0.2) is 12.7 Å². The Morgan fingerprint density at radius 1 is 2.00 bits per heavy atom. The van der Waals surface area contributed by atoms with Crippen LogP contribution in [-0.2, 0) is 10.1 Å². The molecule has 0 spiro atoms. The first-order valence-electron chi connectivity index (χ1n) is 1.87. The highest BCUT2D eigenvalue weighted by Gasteiger charge is 1.98. The molecule has 3 nitrogen and oxygen atoms in total. The number of hydrogen-bond acceptors (Lipinski definition) is 2. The van der Waals surface area contributed by atoms with E-state index >= 15 is 0 Å². The fourth-order valence-electron chi connectivity index (χ4n) is 0.144. The molecule has 0 bridgehead atoms. The standard InChI is InChI=1S/C4H7O3/c1-2-4(3-5)7-6/h2,4-5H,1,3H2. The summed E-state index contributed by atoms with van der Waals surface area (Å²) in [4.78, 5) is 3.43. The van der Waals surface area contributed by atoms with Crippen LogP contribution in [0.4, 0.5) is 0 Å². The average molecular weight is 103 g/mol. The minimum atomic E-state index is -0.750. The Balaban J connectivity index is 3.16. The molecule has 7 heavy (non-hydrogen) atoms. The van der Waals surface area contributed by atoms with Gasteiger partial charge in [0.05, 0.1) is 6.61 Å². The van der Waals surface area contributed by atoms with E-state index in [0.717, 1.165) is 0 Å². The molecule has 0 heterocycles. The van der Waals surface area contributed by atoms with Crippen LogP contribution in [0, 0.1) is 0 Å². The zero-order valence-corrected chi connectivity index (χ0v) is 3.83. The van der Waals surface area contributed by atoms with Crippen LogP contribution >= 0.6 is 0 Å². The van der Waals surface area contributed by atoms with Gasteiger partial charge in [-0.25, -0.2) is 0 Å². The van der Waals surface area contributed by atoms with Crippen molar-refractivity contribution < 1.29 is 15.3 Å². The van der Waals surface area contributed by atoms with Crippen molar-refractivity contribution in [2.24, 2.45) is 0 Å². The summed E-state index contributed by atoms with van der Waals surface area (Å²) in [6.07, 6.45) is 0.493. The first-order valence-corrected chi connectivity index (χ1v) is 1.87. The van der Waals surface area contributed by atoms with E-state index in [4.69, 9.17) is 5.11 Å². The molecule has 0 aliphatic carbocycles. The lowest BCUT2D eigenvalue weighted by Gasteiger charge is -1.97. The Morgan fingerprint density at radius 2 is 2.57 bits per heavy atom. The Labute approximate surface area is 41.8 Å². The summed E-state index contributed by atoms with van der Waals surface area (Å²) in [5, 5.41) is 17.5. The lowest BCUT2D eigenvalue weighted by atomic mass is 10.4. The molecule has 3 heteroatoms. The molecule has 0 aromatic carbocycles. The minimum Gasteiger partial charge on any atom is -0.393 e. The monoisotopic (exact) mass is 103 g/mol. The van der Waals surface area contributed by atoms with Gasteiger partial charge in [-0.15, -0.1) is 6.58 Å². The largest absolute Gasteiger partial charge is 0.393 e. The third-order valence-electron chi connectivity index (χ3n) is 0.566. The molecule has 0 rings (SSSR count). The fourth-order valence-corrected chi connectivity index (χ4v) is 0.144. The summed E-state index contributed by atoms with van der Waals surface area (Å²) in [5.74, 6) is 0. The third-order valence-corrected chi connectivity index (χ3v) is 0.566. The molecule has 41 valence electrons. The second-order valence-electron chi connectivity index (χ2n) is 1.05. The second kappa shape index (κ2) is 3.80. The molecule has 0 amide bonds. The topological polar surface area (TPSA) is 49.4 Å². The molecule has 1 radical (unpaired) electrons. The van der Waals surface area contributed by atoms with E-state index in [-0.39, 0.29) is 6.61 Å². The van der Waals surface area contributed by atoms with Crippen molar-refractivity contribution >= 4 is 0 Å². The van der Waals surface area contributed by atoms with Crippen LogP contribution < -0.4 is 0 Å². The van der Waals surface area contributed by atoms with E-state index in [1.165, 1.54) is 6.08 Å². The van der Waals surface area contributed by atoms with Crippen LogP contribution in [0.25, 0.3) is 0 Å². The van der Waals surface area contributed by atoms with Crippen LogP contribution in [0.1, 0.15) is 0 Å². The van der Waals surface area contributed by atoms with Gasteiger partial charge in [-0.3, -0.25) is 0 Å². The molecule has 0 aliphatic heterocycles. The predicted octanol–water partition coefficient (Wildman–Crippen LogP) is -0.105. The molecule has 0 aromatic heterocycles. The molecule has 0 fully saturated rings. The molecule has 0 aromatic rings. The van der Waals surface area contributed by atoms with Gasteiger partial charge in [-0.05, 0) is 5.26 Å².